The summed E-state index contributed by atoms with van der Waals surface area (Å²) in [5.41, 5.74) is 1.39. The molecule has 3 nitrogen and oxygen atoms in total. The minimum atomic E-state index is 0.464. The van der Waals surface area contributed by atoms with E-state index in [1.165, 1.54) is 5.56 Å². The number of piperidine rings is 1. The standard InChI is InChI=1S/C15H17BrClN3/c16-15-14(17)11-20(18-15)13-6-8-19(9-7-13)10-12-4-2-1-3-5-12/h1-5,11,13H,6-10H2. The summed E-state index contributed by atoms with van der Waals surface area (Å²) in [5.74, 6) is 0. The van der Waals surface area contributed by atoms with Gasteiger partial charge in [-0.25, -0.2) is 0 Å². The number of benzene rings is 1. The second-order valence-corrected chi connectivity index (χ2v) is 6.40. The molecule has 0 atom stereocenters. The molecule has 2 aromatic rings. The summed E-state index contributed by atoms with van der Waals surface area (Å²) in [4.78, 5) is 2.51. The van der Waals surface area contributed by atoms with Gasteiger partial charge in [-0.05, 0) is 34.3 Å². The van der Waals surface area contributed by atoms with Gasteiger partial charge in [0, 0.05) is 25.8 Å². The fraction of sp³-hybridized carbons (Fsp3) is 0.400. The molecule has 1 fully saturated rings. The van der Waals surface area contributed by atoms with E-state index in [2.05, 4.69) is 56.3 Å². The van der Waals surface area contributed by atoms with Gasteiger partial charge in [-0.3, -0.25) is 9.58 Å². The molecule has 0 aliphatic carbocycles. The number of hydrogen-bond donors (Lipinski definition) is 0. The molecular formula is C15H17BrClN3. The average Bonchev–Trinajstić information content (AvgIpc) is 2.81. The second kappa shape index (κ2) is 6.29. The Bertz CT molecular complexity index is 542. The monoisotopic (exact) mass is 353 g/mol. The first-order chi connectivity index (χ1) is 9.72. The van der Waals surface area contributed by atoms with E-state index in [0.29, 0.717) is 11.1 Å². The van der Waals surface area contributed by atoms with Crippen LogP contribution in [0.25, 0.3) is 0 Å². The van der Waals surface area contributed by atoms with Crippen molar-refractivity contribution in [1.82, 2.24) is 14.7 Å². The lowest BCUT2D eigenvalue weighted by Gasteiger charge is -2.32. The van der Waals surface area contributed by atoms with Crippen molar-refractivity contribution in [2.75, 3.05) is 13.1 Å². The van der Waals surface area contributed by atoms with Crippen molar-refractivity contribution in [2.24, 2.45) is 0 Å². The number of rotatable bonds is 3. The van der Waals surface area contributed by atoms with Crippen molar-refractivity contribution in [2.45, 2.75) is 25.4 Å². The van der Waals surface area contributed by atoms with Crippen molar-refractivity contribution in [3.63, 3.8) is 0 Å². The summed E-state index contributed by atoms with van der Waals surface area (Å²) in [5, 5.41) is 5.12. The molecule has 106 valence electrons. The quantitative estimate of drug-likeness (QED) is 0.826. The lowest BCUT2D eigenvalue weighted by Crippen LogP contribution is -2.34. The predicted molar refractivity (Wildman–Crippen MR) is 84.9 cm³/mol. The molecule has 0 spiro atoms. The van der Waals surface area contributed by atoms with Gasteiger partial charge in [0.05, 0.1) is 11.1 Å². The van der Waals surface area contributed by atoms with Crippen LogP contribution in [0.1, 0.15) is 24.4 Å². The molecule has 20 heavy (non-hydrogen) atoms. The SMILES string of the molecule is Clc1cn(C2CCN(Cc3ccccc3)CC2)nc1Br. The van der Waals surface area contributed by atoms with Gasteiger partial charge >= 0.3 is 0 Å². The van der Waals surface area contributed by atoms with Gasteiger partial charge in [-0.15, -0.1) is 0 Å². The van der Waals surface area contributed by atoms with Crippen molar-refractivity contribution in [3.05, 3.63) is 51.7 Å². The van der Waals surface area contributed by atoms with Crippen LogP contribution in [0.2, 0.25) is 5.02 Å². The van der Waals surface area contributed by atoms with E-state index in [0.717, 1.165) is 37.1 Å². The van der Waals surface area contributed by atoms with E-state index in [4.69, 9.17) is 11.6 Å². The minimum absolute atomic E-state index is 0.464. The van der Waals surface area contributed by atoms with Gasteiger partial charge in [-0.1, -0.05) is 41.9 Å². The van der Waals surface area contributed by atoms with Crippen LogP contribution in [0.5, 0.6) is 0 Å². The Labute approximate surface area is 132 Å². The number of likely N-dealkylation sites (tertiary alicyclic amines) is 1. The second-order valence-electron chi connectivity index (χ2n) is 5.24. The Morgan fingerprint density at radius 1 is 1.20 bits per heavy atom. The summed E-state index contributed by atoms with van der Waals surface area (Å²) >= 11 is 9.41. The molecule has 0 N–H and O–H groups in total. The smallest absolute Gasteiger partial charge is 0.146 e. The Hall–Kier alpha value is -0.840. The third kappa shape index (κ3) is 3.25. The van der Waals surface area contributed by atoms with Gasteiger partial charge in [0.15, 0.2) is 0 Å². The maximum atomic E-state index is 6.04. The Morgan fingerprint density at radius 3 is 2.50 bits per heavy atom. The maximum absolute atomic E-state index is 6.04. The van der Waals surface area contributed by atoms with E-state index in [1.807, 2.05) is 10.9 Å². The summed E-state index contributed by atoms with van der Waals surface area (Å²) in [6.45, 7) is 3.25. The zero-order valence-corrected chi connectivity index (χ0v) is 13.5. The predicted octanol–water partition coefficient (Wildman–Crippen LogP) is 4.14. The minimum Gasteiger partial charge on any atom is -0.299 e. The first-order valence-corrected chi connectivity index (χ1v) is 8.06. The van der Waals surface area contributed by atoms with Crippen LogP contribution in [-0.2, 0) is 6.54 Å². The third-order valence-corrected chi connectivity index (χ3v) is 4.92. The summed E-state index contributed by atoms with van der Waals surface area (Å²) < 4.78 is 2.75. The highest BCUT2D eigenvalue weighted by molar-refractivity contribution is 9.10. The zero-order valence-electron chi connectivity index (χ0n) is 11.2. The molecule has 5 heteroatoms. The van der Waals surface area contributed by atoms with Crippen LogP contribution in [-0.4, -0.2) is 27.8 Å². The van der Waals surface area contributed by atoms with E-state index < -0.39 is 0 Å². The Morgan fingerprint density at radius 2 is 1.90 bits per heavy atom. The van der Waals surface area contributed by atoms with Crippen molar-refractivity contribution < 1.29 is 0 Å². The highest BCUT2D eigenvalue weighted by Crippen LogP contribution is 2.27. The van der Waals surface area contributed by atoms with E-state index in [9.17, 15) is 0 Å². The van der Waals surface area contributed by atoms with Crippen LogP contribution < -0.4 is 0 Å². The van der Waals surface area contributed by atoms with Gasteiger partial charge in [0.1, 0.15) is 4.60 Å². The fourth-order valence-corrected chi connectivity index (χ4v) is 3.14. The molecule has 1 aliphatic heterocycles. The lowest BCUT2D eigenvalue weighted by atomic mass is 10.0. The summed E-state index contributed by atoms with van der Waals surface area (Å²) in [6.07, 6.45) is 4.16. The average molecular weight is 355 g/mol. The van der Waals surface area contributed by atoms with Crippen LogP contribution in [0, 0.1) is 0 Å². The molecule has 3 rings (SSSR count). The van der Waals surface area contributed by atoms with Crippen molar-refractivity contribution in [3.8, 4) is 0 Å². The number of aromatic nitrogens is 2. The van der Waals surface area contributed by atoms with Gasteiger partial charge in [-0.2, -0.15) is 5.10 Å². The number of halogens is 2. The molecule has 0 saturated carbocycles. The Balaban J connectivity index is 1.57. The summed E-state index contributed by atoms with van der Waals surface area (Å²) in [6, 6.07) is 11.1. The van der Waals surface area contributed by atoms with Gasteiger partial charge in [0.25, 0.3) is 0 Å². The van der Waals surface area contributed by atoms with Crippen molar-refractivity contribution >= 4 is 27.5 Å². The molecule has 0 amide bonds. The molecule has 1 aromatic carbocycles. The summed E-state index contributed by atoms with van der Waals surface area (Å²) in [7, 11) is 0. The fourth-order valence-electron chi connectivity index (χ4n) is 2.72. The van der Waals surface area contributed by atoms with Gasteiger partial charge < -0.3 is 0 Å². The van der Waals surface area contributed by atoms with Crippen LogP contribution in [0.4, 0.5) is 0 Å². The van der Waals surface area contributed by atoms with Crippen molar-refractivity contribution in [1.29, 1.82) is 0 Å². The zero-order chi connectivity index (χ0) is 13.9. The topological polar surface area (TPSA) is 21.1 Å². The first kappa shape index (κ1) is 14.1. The van der Waals surface area contributed by atoms with Crippen LogP contribution >= 0.6 is 27.5 Å². The maximum Gasteiger partial charge on any atom is 0.146 e. The van der Waals surface area contributed by atoms with Crippen LogP contribution in [0.15, 0.2) is 41.1 Å². The van der Waals surface area contributed by atoms with Crippen LogP contribution in [0.3, 0.4) is 0 Å². The molecule has 0 unspecified atom stereocenters. The molecule has 1 aliphatic rings. The van der Waals surface area contributed by atoms with E-state index in [-0.39, 0.29) is 0 Å². The molecular weight excluding hydrogens is 338 g/mol. The third-order valence-electron chi connectivity index (χ3n) is 3.83. The first-order valence-electron chi connectivity index (χ1n) is 6.89. The number of nitrogens with zero attached hydrogens (tertiary/aromatic N) is 3. The molecule has 1 aromatic heterocycles. The highest BCUT2D eigenvalue weighted by atomic mass is 79.9. The van der Waals surface area contributed by atoms with Gasteiger partial charge in [0.2, 0.25) is 0 Å². The lowest BCUT2D eigenvalue weighted by molar-refractivity contribution is 0.173. The van der Waals surface area contributed by atoms with E-state index in [1.54, 1.807) is 0 Å². The van der Waals surface area contributed by atoms with E-state index >= 15 is 0 Å². The Kier molecular flexibility index (Phi) is 4.44. The largest absolute Gasteiger partial charge is 0.299 e. The molecule has 1 saturated heterocycles. The normalized spacial score (nSPS) is 17.5. The number of hydrogen-bond acceptors (Lipinski definition) is 2. The molecule has 2 heterocycles. The highest BCUT2D eigenvalue weighted by Gasteiger charge is 2.21. The molecule has 0 bridgehead atoms. The molecule has 0 radical (unpaired) electrons.